The molecule has 1 saturated carbocycles. The normalized spacial score (nSPS) is 23.3. The van der Waals surface area contributed by atoms with Crippen LogP contribution in [0.25, 0.3) is 0 Å². The number of amides is 1. The van der Waals surface area contributed by atoms with Crippen molar-refractivity contribution in [2.75, 3.05) is 20.1 Å². The number of nitrogens with zero attached hydrogens (tertiary/aromatic N) is 2. The molecule has 5 nitrogen and oxygen atoms in total. The largest absolute Gasteiger partial charge is 0.342 e. The van der Waals surface area contributed by atoms with Crippen LogP contribution in [0.1, 0.15) is 44.9 Å². The Balaban J connectivity index is 1.69. The highest BCUT2D eigenvalue weighted by atomic mass is 32.2. The molecule has 2 aliphatic rings. The van der Waals surface area contributed by atoms with E-state index in [1.165, 1.54) is 23.6 Å². The van der Waals surface area contributed by atoms with Crippen LogP contribution in [0.5, 0.6) is 0 Å². The summed E-state index contributed by atoms with van der Waals surface area (Å²) in [6.45, 7) is 0.793. The average Bonchev–Trinajstić information content (AvgIpc) is 2.68. The number of hydrogen-bond acceptors (Lipinski definition) is 3. The number of rotatable bonds is 4. The fourth-order valence-electron chi connectivity index (χ4n) is 4.04. The molecule has 1 atom stereocenters. The van der Waals surface area contributed by atoms with Crippen molar-refractivity contribution in [3.05, 3.63) is 30.3 Å². The van der Waals surface area contributed by atoms with E-state index in [1.807, 2.05) is 11.9 Å². The van der Waals surface area contributed by atoms with E-state index < -0.39 is 10.0 Å². The van der Waals surface area contributed by atoms with Crippen molar-refractivity contribution in [3.63, 3.8) is 0 Å². The highest BCUT2D eigenvalue weighted by Crippen LogP contribution is 2.27. The zero-order valence-electron chi connectivity index (χ0n) is 14.9. The maximum Gasteiger partial charge on any atom is 0.243 e. The molecule has 1 unspecified atom stereocenters. The van der Waals surface area contributed by atoms with Gasteiger partial charge in [0.05, 0.1) is 10.8 Å². The molecule has 1 heterocycles. The fraction of sp³-hybridized carbons (Fsp3) is 0.632. The van der Waals surface area contributed by atoms with Crippen LogP contribution in [-0.4, -0.2) is 49.7 Å². The molecule has 0 spiro atoms. The van der Waals surface area contributed by atoms with E-state index in [0.717, 1.165) is 25.7 Å². The monoisotopic (exact) mass is 364 g/mol. The van der Waals surface area contributed by atoms with Crippen molar-refractivity contribution >= 4 is 15.9 Å². The van der Waals surface area contributed by atoms with Crippen molar-refractivity contribution in [3.8, 4) is 0 Å². The second-order valence-corrected chi connectivity index (χ2v) is 9.19. The Kier molecular flexibility index (Phi) is 5.79. The Morgan fingerprint density at radius 3 is 2.40 bits per heavy atom. The first-order valence-electron chi connectivity index (χ1n) is 9.32. The van der Waals surface area contributed by atoms with E-state index in [2.05, 4.69) is 0 Å². The smallest absolute Gasteiger partial charge is 0.243 e. The topological polar surface area (TPSA) is 57.7 Å². The van der Waals surface area contributed by atoms with Gasteiger partial charge in [-0.1, -0.05) is 37.5 Å². The van der Waals surface area contributed by atoms with Crippen LogP contribution in [0.15, 0.2) is 35.2 Å². The molecular weight excluding hydrogens is 336 g/mol. The number of hydrogen-bond donors (Lipinski definition) is 0. The molecular formula is C19H28N2O3S. The van der Waals surface area contributed by atoms with Gasteiger partial charge in [-0.2, -0.15) is 4.31 Å². The summed E-state index contributed by atoms with van der Waals surface area (Å²) in [7, 11) is -1.62. The zero-order valence-corrected chi connectivity index (χ0v) is 15.7. The Morgan fingerprint density at radius 1 is 1.04 bits per heavy atom. The molecule has 0 radical (unpaired) electrons. The molecule has 1 aromatic carbocycles. The van der Waals surface area contributed by atoms with Gasteiger partial charge in [-0.05, 0) is 37.8 Å². The number of carbonyl (C=O) groups is 1. The van der Waals surface area contributed by atoms with E-state index >= 15 is 0 Å². The van der Waals surface area contributed by atoms with Crippen LogP contribution in [0, 0.1) is 5.92 Å². The Morgan fingerprint density at radius 2 is 1.72 bits per heavy atom. The van der Waals surface area contributed by atoms with Crippen LogP contribution in [-0.2, 0) is 14.8 Å². The molecule has 0 bridgehead atoms. The van der Waals surface area contributed by atoms with Gasteiger partial charge in [0.1, 0.15) is 0 Å². The third-order valence-corrected chi connectivity index (χ3v) is 7.46. The van der Waals surface area contributed by atoms with Crippen LogP contribution in [0.2, 0.25) is 0 Å². The number of carbonyl (C=O) groups excluding carboxylic acids is 1. The minimum absolute atomic E-state index is 0.111. The molecule has 25 heavy (non-hydrogen) atoms. The predicted octanol–water partition coefficient (Wildman–Crippen LogP) is 2.88. The molecule has 3 rings (SSSR count). The highest BCUT2D eigenvalue weighted by Gasteiger charge is 2.35. The first-order chi connectivity index (χ1) is 12.0. The molecule has 1 amide bonds. The third kappa shape index (κ3) is 4.06. The molecule has 1 aliphatic carbocycles. The van der Waals surface area contributed by atoms with Gasteiger partial charge in [0.15, 0.2) is 0 Å². The van der Waals surface area contributed by atoms with Gasteiger partial charge >= 0.3 is 0 Å². The summed E-state index contributed by atoms with van der Waals surface area (Å²) < 4.78 is 27.1. The standard InChI is InChI=1S/C19H28N2O3S/c1-20(17-10-4-2-5-11-17)19(22)16-9-8-14-21(15-16)25(23,24)18-12-6-3-7-13-18/h3,6-7,12-13,16-17H,2,4-5,8-11,14-15H2,1H3. The highest BCUT2D eigenvalue weighted by molar-refractivity contribution is 7.89. The van der Waals surface area contributed by atoms with Crippen molar-refractivity contribution in [1.82, 2.24) is 9.21 Å². The molecule has 138 valence electrons. The van der Waals surface area contributed by atoms with Crippen molar-refractivity contribution in [2.24, 2.45) is 5.92 Å². The number of piperidine rings is 1. The van der Waals surface area contributed by atoms with Gasteiger partial charge in [0.2, 0.25) is 15.9 Å². The van der Waals surface area contributed by atoms with Gasteiger partial charge in [-0.25, -0.2) is 8.42 Å². The molecule has 1 aliphatic heterocycles. The van der Waals surface area contributed by atoms with Crippen LogP contribution in [0.3, 0.4) is 0 Å². The summed E-state index contributed by atoms with van der Waals surface area (Å²) >= 11 is 0. The zero-order chi connectivity index (χ0) is 17.9. The van der Waals surface area contributed by atoms with E-state index in [4.69, 9.17) is 0 Å². The van der Waals surface area contributed by atoms with Gasteiger partial charge in [-0.3, -0.25) is 4.79 Å². The Labute approximate surface area is 151 Å². The predicted molar refractivity (Wildman–Crippen MR) is 97.6 cm³/mol. The minimum atomic E-state index is -3.52. The summed E-state index contributed by atoms with van der Waals surface area (Å²) in [5, 5.41) is 0. The minimum Gasteiger partial charge on any atom is -0.342 e. The number of benzene rings is 1. The lowest BCUT2D eigenvalue weighted by Gasteiger charge is -2.37. The summed E-state index contributed by atoms with van der Waals surface area (Å²) in [5.74, 6) is -0.112. The second kappa shape index (κ2) is 7.87. The lowest BCUT2D eigenvalue weighted by atomic mass is 9.92. The van der Waals surface area contributed by atoms with E-state index in [9.17, 15) is 13.2 Å². The van der Waals surface area contributed by atoms with Crippen LogP contribution in [0.4, 0.5) is 0 Å². The van der Waals surface area contributed by atoms with Gasteiger partial charge < -0.3 is 4.90 Å². The lowest BCUT2D eigenvalue weighted by Crippen LogP contribution is -2.48. The second-order valence-electron chi connectivity index (χ2n) is 7.26. The summed E-state index contributed by atoms with van der Waals surface area (Å²) in [4.78, 5) is 15.1. The van der Waals surface area contributed by atoms with E-state index in [-0.39, 0.29) is 11.8 Å². The average molecular weight is 365 g/mol. The molecule has 0 N–H and O–H groups in total. The summed E-state index contributed by atoms with van der Waals surface area (Å²) in [6.07, 6.45) is 7.27. The van der Waals surface area contributed by atoms with E-state index in [1.54, 1.807) is 30.3 Å². The molecule has 6 heteroatoms. The summed E-state index contributed by atoms with van der Waals surface area (Å²) in [6, 6.07) is 8.83. The first kappa shape index (κ1) is 18.4. The molecule has 2 fully saturated rings. The first-order valence-corrected chi connectivity index (χ1v) is 10.8. The molecule has 0 aromatic heterocycles. The fourth-order valence-corrected chi connectivity index (χ4v) is 5.58. The van der Waals surface area contributed by atoms with Gasteiger partial charge in [0, 0.05) is 26.2 Å². The maximum absolute atomic E-state index is 12.9. The Bertz CT molecular complexity index is 684. The van der Waals surface area contributed by atoms with Crippen LogP contribution >= 0.6 is 0 Å². The molecule has 1 saturated heterocycles. The van der Waals surface area contributed by atoms with Gasteiger partial charge in [-0.15, -0.1) is 0 Å². The third-order valence-electron chi connectivity index (χ3n) is 5.58. The molecule has 1 aromatic rings. The lowest BCUT2D eigenvalue weighted by molar-refractivity contribution is -0.138. The number of sulfonamides is 1. The van der Waals surface area contributed by atoms with Crippen molar-refractivity contribution < 1.29 is 13.2 Å². The van der Waals surface area contributed by atoms with E-state index in [0.29, 0.717) is 24.0 Å². The summed E-state index contributed by atoms with van der Waals surface area (Å²) in [5.41, 5.74) is 0. The maximum atomic E-state index is 12.9. The van der Waals surface area contributed by atoms with Crippen LogP contribution < -0.4 is 0 Å². The van der Waals surface area contributed by atoms with Crippen molar-refractivity contribution in [2.45, 2.75) is 55.9 Å². The van der Waals surface area contributed by atoms with Gasteiger partial charge in [0.25, 0.3) is 0 Å². The van der Waals surface area contributed by atoms with Crippen molar-refractivity contribution in [1.29, 1.82) is 0 Å². The Hall–Kier alpha value is -1.40. The SMILES string of the molecule is CN(C(=O)C1CCCN(S(=O)(=O)c2ccccc2)C1)C1CCCCC1. The quantitative estimate of drug-likeness (QED) is 0.825.